The first-order chi connectivity index (χ1) is 5.83. The van der Waals surface area contributed by atoms with Gasteiger partial charge in [-0.05, 0) is 39.9 Å². The van der Waals surface area contributed by atoms with Gasteiger partial charge in [-0.15, -0.1) is 0 Å². The Hall–Kier alpha value is -0.340. The number of hydrogen-bond donors (Lipinski definition) is 1. The molecule has 1 heterocycles. The summed E-state index contributed by atoms with van der Waals surface area (Å²) in [6.45, 7) is 3.56. The molecule has 0 unspecified atom stereocenters. The van der Waals surface area contributed by atoms with Crippen molar-refractivity contribution in [2.45, 2.75) is 19.3 Å². The molecule has 1 N–H and O–H groups in total. The zero-order valence-corrected chi connectivity index (χ0v) is 8.27. The Morgan fingerprint density at radius 1 is 1.58 bits per heavy atom. The van der Waals surface area contributed by atoms with Gasteiger partial charge in [0, 0.05) is 13.1 Å². The van der Waals surface area contributed by atoms with Crippen LogP contribution in [0.25, 0.3) is 0 Å². The van der Waals surface area contributed by atoms with Crippen molar-refractivity contribution < 1.29 is 0 Å². The van der Waals surface area contributed by atoms with E-state index >= 15 is 0 Å². The van der Waals surface area contributed by atoms with Crippen molar-refractivity contribution in [1.29, 1.82) is 0 Å². The highest BCUT2D eigenvalue weighted by molar-refractivity contribution is 5.07. The summed E-state index contributed by atoms with van der Waals surface area (Å²) in [6.07, 6.45) is 6.20. The highest BCUT2D eigenvalue weighted by Crippen LogP contribution is 2.12. The van der Waals surface area contributed by atoms with Crippen LogP contribution in [0.3, 0.4) is 0 Å². The van der Waals surface area contributed by atoms with E-state index in [0.717, 1.165) is 6.54 Å². The first-order valence-corrected chi connectivity index (χ1v) is 4.84. The summed E-state index contributed by atoms with van der Waals surface area (Å²) in [5.74, 6) is 0. The molecule has 1 rings (SSSR count). The molecule has 2 heteroatoms. The van der Waals surface area contributed by atoms with Gasteiger partial charge < -0.3 is 10.2 Å². The van der Waals surface area contributed by atoms with Gasteiger partial charge in [0.25, 0.3) is 0 Å². The highest BCUT2D eigenvalue weighted by Gasteiger charge is 2.06. The summed E-state index contributed by atoms with van der Waals surface area (Å²) in [7, 11) is 4.21. The van der Waals surface area contributed by atoms with E-state index in [1.54, 1.807) is 5.57 Å². The fourth-order valence-electron chi connectivity index (χ4n) is 1.65. The Bertz CT molecular complexity index is 152. The van der Waals surface area contributed by atoms with E-state index in [1.165, 1.54) is 32.4 Å². The molecule has 0 bridgehead atoms. The van der Waals surface area contributed by atoms with Crippen LogP contribution >= 0.6 is 0 Å². The van der Waals surface area contributed by atoms with Crippen LogP contribution in [-0.2, 0) is 0 Å². The van der Waals surface area contributed by atoms with E-state index < -0.39 is 0 Å². The molecule has 0 atom stereocenters. The van der Waals surface area contributed by atoms with Crippen molar-refractivity contribution >= 4 is 0 Å². The van der Waals surface area contributed by atoms with Crippen LogP contribution in [0.2, 0.25) is 0 Å². The van der Waals surface area contributed by atoms with Gasteiger partial charge in [-0.1, -0.05) is 11.6 Å². The van der Waals surface area contributed by atoms with Crippen LogP contribution in [0.5, 0.6) is 0 Å². The molecular weight excluding hydrogens is 148 g/mol. The predicted octanol–water partition coefficient (Wildman–Crippen LogP) is 1.25. The summed E-state index contributed by atoms with van der Waals surface area (Å²) in [6, 6.07) is 0. The summed E-state index contributed by atoms with van der Waals surface area (Å²) in [5.41, 5.74) is 1.62. The fourth-order valence-corrected chi connectivity index (χ4v) is 1.65. The third-order valence-electron chi connectivity index (χ3n) is 2.34. The van der Waals surface area contributed by atoms with E-state index in [1.807, 2.05) is 7.05 Å². The van der Waals surface area contributed by atoms with E-state index in [-0.39, 0.29) is 0 Å². The number of hydrogen-bond acceptors (Lipinski definition) is 2. The first kappa shape index (κ1) is 9.75. The largest absolute Gasteiger partial charge is 0.320 e. The minimum absolute atomic E-state index is 1.14. The normalized spacial score (nSPS) is 19.3. The molecule has 0 aromatic rings. The van der Waals surface area contributed by atoms with Crippen LogP contribution in [0.1, 0.15) is 19.3 Å². The average Bonchev–Trinajstić information content (AvgIpc) is 2.05. The Labute approximate surface area is 75.6 Å². The van der Waals surface area contributed by atoms with Gasteiger partial charge in [0.15, 0.2) is 0 Å². The maximum atomic E-state index is 3.18. The van der Waals surface area contributed by atoms with E-state index in [4.69, 9.17) is 0 Å². The van der Waals surface area contributed by atoms with Crippen LogP contribution in [0.15, 0.2) is 11.6 Å². The van der Waals surface area contributed by atoms with E-state index in [9.17, 15) is 0 Å². The maximum absolute atomic E-state index is 3.18. The topological polar surface area (TPSA) is 15.3 Å². The zero-order valence-electron chi connectivity index (χ0n) is 8.27. The second-order valence-corrected chi connectivity index (χ2v) is 3.60. The predicted molar refractivity (Wildman–Crippen MR) is 53.4 cm³/mol. The molecule has 1 aliphatic rings. The Morgan fingerprint density at radius 3 is 3.08 bits per heavy atom. The summed E-state index contributed by atoms with van der Waals surface area (Å²) in [5, 5.41) is 3.18. The quantitative estimate of drug-likeness (QED) is 0.502. The lowest BCUT2D eigenvalue weighted by molar-refractivity contribution is 0.349. The standard InChI is InChI=1S/C10H20N2/c1-11-7-3-5-10-6-4-8-12(2)9-10/h6,11H,3-5,7-9H2,1-2H3. The molecule has 0 aliphatic carbocycles. The molecule has 70 valence electrons. The van der Waals surface area contributed by atoms with Crippen LogP contribution in [0.4, 0.5) is 0 Å². The molecule has 0 amide bonds. The van der Waals surface area contributed by atoms with Crippen molar-refractivity contribution in [2.75, 3.05) is 33.7 Å². The van der Waals surface area contributed by atoms with Crippen LogP contribution in [-0.4, -0.2) is 38.6 Å². The molecule has 0 radical (unpaired) electrons. The van der Waals surface area contributed by atoms with Gasteiger partial charge in [-0.2, -0.15) is 0 Å². The smallest absolute Gasteiger partial charge is 0.0189 e. The second kappa shape index (κ2) is 5.33. The molecule has 0 saturated heterocycles. The van der Waals surface area contributed by atoms with Gasteiger partial charge in [0.1, 0.15) is 0 Å². The number of nitrogens with zero attached hydrogens (tertiary/aromatic N) is 1. The molecule has 1 aliphatic heterocycles. The van der Waals surface area contributed by atoms with Crippen molar-refractivity contribution in [1.82, 2.24) is 10.2 Å². The van der Waals surface area contributed by atoms with Gasteiger partial charge in [0.2, 0.25) is 0 Å². The van der Waals surface area contributed by atoms with E-state index in [0.29, 0.717) is 0 Å². The molecule has 0 aromatic heterocycles. The molecule has 0 fully saturated rings. The Morgan fingerprint density at radius 2 is 2.42 bits per heavy atom. The van der Waals surface area contributed by atoms with Gasteiger partial charge >= 0.3 is 0 Å². The van der Waals surface area contributed by atoms with E-state index in [2.05, 4.69) is 23.3 Å². The molecule has 0 spiro atoms. The average molecular weight is 168 g/mol. The lowest BCUT2D eigenvalue weighted by Crippen LogP contribution is -2.25. The SMILES string of the molecule is CNCCCC1=CCCN(C)C1. The van der Waals surface area contributed by atoms with Crippen molar-refractivity contribution in [2.24, 2.45) is 0 Å². The van der Waals surface area contributed by atoms with Crippen LogP contribution < -0.4 is 5.32 Å². The fraction of sp³-hybridized carbons (Fsp3) is 0.800. The highest BCUT2D eigenvalue weighted by atomic mass is 15.1. The minimum atomic E-state index is 1.14. The number of likely N-dealkylation sites (N-methyl/N-ethyl adjacent to an activating group) is 1. The number of nitrogens with one attached hydrogen (secondary N) is 1. The third kappa shape index (κ3) is 3.37. The monoisotopic (exact) mass is 168 g/mol. The zero-order chi connectivity index (χ0) is 8.81. The van der Waals surface area contributed by atoms with Crippen LogP contribution in [0, 0.1) is 0 Å². The van der Waals surface area contributed by atoms with Gasteiger partial charge in [0.05, 0.1) is 0 Å². The summed E-state index contributed by atoms with van der Waals surface area (Å²) < 4.78 is 0. The molecule has 0 saturated carbocycles. The Kier molecular flexibility index (Phi) is 4.33. The minimum Gasteiger partial charge on any atom is -0.320 e. The summed E-state index contributed by atoms with van der Waals surface area (Å²) in [4.78, 5) is 2.40. The molecule has 12 heavy (non-hydrogen) atoms. The molecular formula is C10H20N2. The molecule has 0 aromatic carbocycles. The lowest BCUT2D eigenvalue weighted by atomic mass is 10.1. The first-order valence-electron chi connectivity index (χ1n) is 4.84. The lowest BCUT2D eigenvalue weighted by Gasteiger charge is -2.22. The Balaban J connectivity index is 2.18. The maximum Gasteiger partial charge on any atom is 0.0189 e. The summed E-state index contributed by atoms with van der Waals surface area (Å²) >= 11 is 0. The van der Waals surface area contributed by atoms with Crippen molar-refractivity contribution in [3.05, 3.63) is 11.6 Å². The number of rotatable bonds is 4. The van der Waals surface area contributed by atoms with Gasteiger partial charge in [-0.25, -0.2) is 0 Å². The van der Waals surface area contributed by atoms with Crippen molar-refractivity contribution in [3.8, 4) is 0 Å². The molecule has 2 nitrogen and oxygen atoms in total. The third-order valence-corrected chi connectivity index (χ3v) is 2.34. The van der Waals surface area contributed by atoms with Gasteiger partial charge in [-0.3, -0.25) is 0 Å². The van der Waals surface area contributed by atoms with Crippen molar-refractivity contribution in [3.63, 3.8) is 0 Å². The second-order valence-electron chi connectivity index (χ2n) is 3.60.